The zero-order valence-electron chi connectivity index (χ0n) is 9.25. The van der Waals surface area contributed by atoms with Gasteiger partial charge < -0.3 is 10.6 Å². The van der Waals surface area contributed by atoms with Crippen molar-refractivity contribution < 1.29 is 13.2 Å². The van der Waals surface area contributed by atoms with Gasteiger partial charge in [-0.25, -0.2) is 8.42 Å². The Morgan fingerprint density at radius 3 is 2.71 bits per heavy atom. The van der Waals surface area contributed by atoms with Crippen LogP contribution in [0.25, 0.3) is 0 Å². The molecule has 8 nitrogen and oxygen atoms in total. The summed E-state index contributed by atoms with van der Waals surface area (Å²) in [6.45, 7) is 0.467. The van der Waals surface area contributed by atoms with Gasteiger partial charge in [0.15, 0.2) is 0 Å². The number of amides is 1. The van der Waals surface area contributed by atoms with Crippen molar-refractivity contribution in [1.82, 2.24) is 19.4 Å². The van der Waals surface area contributed by atoms with Crippen LogP contribution in [0.4, 0.5) is 5.82 Å². The molecule has 0 spiro atoms. The SMILES string of the molecule is CN1CCN(S(=O)(=O)c2cn[nH]c2N)CC1=O. The van der Waals surface area contributed by atoms with Gasteiger partial charge >= 0.3 is 0 Å². The first-order valence-electron chi connectivity index (χ1n) is 4.96. The topological polar surface area (TPSA) is 112 Å². The Kier molecular flexibility index (Phi) is 2.79. The number of likely N-dealkylation sites (N-methyl/N-ethyl adjacent to an activating group) is 1. The molecule has 17 heavy (non-hydrogen) atoms. The van der Waals surface area contributed by atoms with Crippen molar-refractivity contribution in [1.29, 1.82) is 0 Å². The van der Waals surface area contributed by atoms with Gasteiger partial charge in [-0.2, -0.15) is 9.40 Å². The molecule has 9 heteroatoms. The van der Waals surface area contributed by atoms with Crippen molar-refractivity contribution in [3.05, 3.63) is 6.20 Å². The van der Waals surface area contributed by atoms with Crippen molar-refractivity contribution >= 4 is 21.7 Å². The molecule has 0 saturated carbocycles. The number of hydrogen-bond donors (Lipinski definition) is 2. The highest BCUT2D eigenvalue weighted by Gasteiger charge is 2.33. The summed E-state index contributed by atoms with van der Waals surface area (Å²) in [5.74, 6) is -0.252. The molecule has 2 rings (SSSR count). The van der Waals surface area contributed by atoms with Crippen molar-refractivity contribution in [3.63, 3.8) is 0 Å². The van der Waals surface area contributed by atoms with E-state index in [1.165, 1.54) is 4.90 Å². The average molecular weight is 259 g/mol. The fourth-order valence-corrected chi connectivity index (χ4v) is 2.96. The number of sulfonamides is 1. The van der Waals surface area contributed by atoms with Gasteiger partial charge in [-0.3, -0.25) is 9.89 Å². The molecular weight excluding hydrogens is 246 g/mol. The monoisotopic (exact) mass is 259 g/mol. The van der Waals surface area contributed by atoms with Crippen LogP contribution in [-0.2, 0) is 14.8 Å². The van der Waals surface area contributed by atoms with E-state index in [4.69, 9.17) is 5.73 Å². The van der Waals surface area contributed by atoms with Gasteiger partial charge in [0.1, 0.15) is 10.7 Å². The van der Waals surface area contributed by atoms with Crippen molar-refractivity contribution in [2.45, 2.75) is 4.90 Å². The number of aromatic nitrogens is 2. The van der Waals surface area contributed by atoms with Gasteiger partial charge in [0.25, 0.3) is 0 Å². The van der Waals surface area contributed by atoms with Crippen LogP contribution < -0.4 is 5.73 Å². The van der Waals surface area contributed by atoms with Crippen LogP contribution in [0.2, 0.25) is 0 Å². The quantitative estimate of drug-likeness (QED) is 0.668. The number of piperazine rings is 1. The number of anilines is 1. The van der Waals surface area contributed by atoms with E-state index in [2.05, 4.69) is 10.2 Å². The first-order chi connectivity index (χ1) is 7.93. The standard InChI is InChI=1S/C8H13N5O3S/c1-12-2-3-13(5-7(12)14)17(15,16)6-4-10-11-8(6)9/h4H,2-3,5H2,1H3,(H3,9,10,11). The number of hydrogen-bond acceptors (Lipinski definition) is 5. The minimum absolute atomic E-state index is 0.0172. The summed E-state index contributed by atoms with van der Waals surface area (Å²) < 4.78 is 25.4. The molecule has 0 unspecified atom stereocenters. The number of rotatable bonds is 2. The maximum Gasteiger partial charge on any atom is 0.248 e. The van der Waals surface area contributed by atoms with E-state index >= 15 is 0 Å². The number of aromatic amines is 1. The smallest absolute Gasteiger partial charge is 0.248 e. The number of carbonyl (C=O) groups excluding carboxylic acids is 1. The molecule has 0 aromatic carbocycles. The van der Waals surface area contributed by atoms with Gasteiger partial charge in [-0.05, 0) is 0 Å². The number of nitrogens with one attached hydrogen (secondary N) is 1. The molecule has 1 saturated heterocycles. The van der Waals surface area contributed by atoms with E-state index < -0.39 is 10.0 Å². The number of nitrogens with zero attached hydrogens (tertiary/aromatic N) is 3. The van der Waals surface area contributed by atoms with Crippen molar-refractivity contribution in [3.8, 4) is 0 Å². The van der Waals surface area contributed by atoms with Crippen LogP contribution in [0.1, 0.15) is 0 Å². The maximum absolute atomic E-state index is 12.1. The largest absolute Gasteiger partial charge is 0.383 e. The molecule has 1 amide bonds. The third-order valence-electron chi connectivity index (χ3n) is 2.67. The second kappa shape index (κ2) is 4.00. The van der Waals surface area contributed by atoms with Crippen molar-refractivity contribution in [2.75, 3.05) is 32.4 Å². The first-order valence-corrected chi connectivity index (χ1v) is 6.40. The van der Waals surface area contributed by atoms with E-state index in [9.17, 15) is 13.2 Å². The maximum atomic E-state index is 12.1. The lowest BCUT2D eigenvalue weighted by Gasteiger charge is -2.30. The molecule has 1 aromatic heterocycles. The number of nitrogens with two attached hydrogens (primary N) is 1. The summed E-state index contributed by atoms with van der Waals surface area (Å²) in [4.78, 5) is 12.9. The van der Waals surface area contributed by atoms with Crippen LogP contribution in [0.15, 0.2) is 11.1 Å². The van der Waals surface area contributed by atoms with Crippen LogP contribution in [0.3, 0.4) is 0 Å². The highest BCUT2D eigenvalue weighted by Crippen LogP contribution is 2.20. The molecular formula is C8H13N5O3S. The Morgan fingerprint density at radius 2 is 2.18 bits per heavy atom. The Hall–Kier alpha value is -1.61. The Labute approximate surface area is 98.4 Å². The van der Waals surface area contributed by atoms with Gasteiger partial charge in [-0.15, -0.1) is 0 Å². The normalized spacial score (nSPS) is 18.6. The number of nitrogen functional groups attached to an aromatic ring is 1. The molecule has 0 atom stereocenters. The zero-order chi connectivity index (χ0) is 12.6. The second-order valence-corrected chi connectivity index (χ2v) is 5.71. The average Bonchev–Trinajstić information content (AvgIpc) is 2.69. The predicted molar refractivity (Wildman–Crippen MR) is 59.4 cm³/mol. The lowest BCUT2D eigenvalue weighted by atomic mass is 10.4. The summed E-state index contributed by atoms with van der Waals surface area (Å²) in [6.07, 6.45) is 1.15. The van der Waals surface area contributed by atoms with E-state index in [-0.39, 0.29) is 29.7 Å². The molecule has 1 aliphatic heterocycles. The van der Waals surface area contributed by atoms with E-state index in [0.29, 0.717) is 6.54 Å². The predicted octanol–water partition coefficient (Wildman–Crippen LogP) is -1.55. The minimum Gasteiger partial charge on any atom is -0.383 e. The molecule has 3 N–H and O–H groups in total. The fraction of sp³-hybridized carbons (Fsp3) is 0.500. The molecule has 0 aliphatic carbocycles. The summed E-state index contributed by atoms with van der Waals surface area (Å²) in [5, 5.41) is 5.93. The van der Waals surface area contributed by atoms with Crippen LogP contribution >= 0.6 is 0 Å². The van der Waals surface area contributed by atoms with Crippen LogP contribution in [-0.4, -0.2) is 60.4 Å². The summed E-state index contributed by atoms with van der Waals surface area (Å²) in [7, 11) is -2.10. The van der Waals surface area contributed by atoms with Crippen molar-refractivity contribution in [2.24, 2.45) is 0 Å². The summed E-state index contributed by atoms with van der Waals surface area (Å²) >= 11 is 0. The van der Waals surface area contributed by atoms with E-state index in [1.807, 2.05) is 0 Å². The lowest BCUT2D eigenvalue weighted by Crippen LogP contribution is -2.50. The third kappa shape index (κ3) is 1.98. The molecule has 1 aromatic rings. The number of carbonyl (C=O) groups is 1. The van der Waals surface area contributed by atoms with Gasteiger partial charge in [0, 0.05) is 20.1 Å². The zero-order valence-corrected chi connectivity index (χ0v) is 10.1. The van der Waals surface area contributed by atoms with E-state index in [1.54, 1.807) is 7.05 Å². The van der Waals surface area contributed by atoms with Crippen LogP contribution in [0, 0.1) is 0 Å². The molecule has 0 radical (unpaired) electrons. The fourth-order valence-electron chi connectivity index (χ4n) is 1.57. The molecule has 2 heterocycles. The lowest BCUT2D eigenvalue weighted by molar-refractivity contribution is -0.132. The van der Waals surface area contributed by atoms with Gasteiger partial charge in [0.2, 0.25) is 15.9 Å². The number of H-pyrrole nitrogens is 1. The Balaban J connectivity index is 2.29. The first kappa shape index (κ1) is 11.9. The highest BCUT2D eigenvalue weighted by molar-refractivity contribution is 7.89. The van der Waals surface area contributed by atoms with E-state index in [0.717, 1.165) is 10.5 Å². The Morgan fingerprint density at radius 1 is 1.47 bits per heavy atom. The summed E-state index contributed by atoms with van der Waals surface area (Å²) in [6, 6.07) is 0. The van der Waals surface area contributed by atoms with Gasteiger partial charge in [-0.1, -0.05) is 0 Å². The summed E-state index contributed by atoms with van der Waals surface area (Å²) in [5.41, 5.74) is 5.48. The van der Waals surface area contributed by atoms with Gasteiger partial charge in [0.05, 0.1) is 12.7 Å². The molecule has 1 aliphatic rings. The Bertz CT molecular complexity index is 537. The molecule has 94 valence electrons. The molecule has 0 bridgehead atoms. The minimum atomic E-state index is -3.74. The van der Waals surface area contributed by atoms with Crippen LogP contribution in [0.5, 0.6) is 0 Å². The highest BCUT2D eigenvalue weighted by atomic mass is 32.2. The second-order valence-electron chi connectivity index (χ2n) is 3.80. The third-order valence-corrected chi connectivity index (χ3v) is 4.54. The molecule has 1 fully saturated rings.